The summed E-state index contributed by atoms with van der Waals surface area (Å²) in [6.07, 6.45) is 1.94. The number of carbonyl (C=O) groups excluding carboxylic acids is 1. The van der Waals surface area contributed by atoms with Crippen LogP contribution in [0.3, 0.4) is 0 Å². The Morgan fingerprint density at radius 3 is 2.50 bits per heavy atom. The summed E-state index contributed by atoms with van der Waals surface area (Å²) in [5.41, 5.74) is 2.45. The van der Waals surface area contributed by atoms with Crippen molar-refractivity contribution in [3.63, 3.8) is 0 Å². The second kappa shape index (κ2) is 10.8. The van der Waals surface area contributed by atoms with E-state index in [2.05, 4.69) is 21.9 Å². The highest BCUT2D eigenvalue weighted by atomic mass is 32.2. The molecule has 1 aliphatic heterocycles. The molecule has 0 aliphatic carbocycles. The summed E-state index contributed by atoms with van der Waals surface area (Å²) >= 11 is 0. The van der Waals surface area contributed by atoms with Crippen molar-refractivity contribution in [3.8, 4) is 0 Å². The third kappa shape index (κ3) is 5.61. The first kappa shape index (κ1) is 24.1. The van der Waals surface area contributed by atoms with Gasteiger partial charge in [0.05, 0.1) is 10.5 Å². The molecule has 0 radical (unpaired) electrons. The van der Waals surface area contributed by atoms with Crippen LogP contribution in [0, 0.1) is 6.92 Å². The molecule has 1 fully saturated rings. The van der Waals surface area contributed by atoms with Gasteiger partial charge in [-0.25, -0.2) is 8.42 Å². The fourth-order valence-corrected chi connectivity index (χ4v) is 5.24. The van der Waals surface area contributed by atoms with Crippen LogP contribution >= 0.6 is 0 Å². The molecule has 0 unspecified atom stereocenters. The topological polar surface area (TPSA) is 81.8 Å². The highest BCUT2D eigenvalue weighted by molar-refractivity contribution is 7.92. The molecule has 2 aromatic rings. The molecule has 174 valence electrons. The minimum absolute atomic E-state index is 0.0635. The summed E-state index contributed by atoms with van der Waals surface area (Å²) in [6.45, 7) is 10.4. The Kier molecular flexibility index (Phi) is 8.15. The molecule has 2 N–H and O–H groups in total. The van der Waals surface area contributed by atoms with Crippen molar-refractivity contribution in [2.45, 2.75) is 38.5 Å². The normalized spacial score (nSPS) is 14.3. The molecule has 0 bridgehead atoms. The lowest BCUT2D eigenvalue weighted by Crippen LogP contribution is -2.44. The monoisotopic (exact) mass is 458 g/mol. The number of nitrogens with one attached hydrogen (secondary N) is 2. The van der Waals surface area contributed by atoms with Crippen molar-refractivity contribution in [2.24, 2.45) is 0 Å². The lowest BCUT2D eigenvalue weighted by atomic mass is 10.1. The zero-order chi connectivity index (χ0) is 23.1. The minimum atomic E-state index is -3.76. The highest BCUT2D eigenvalue weighted by Gasteiger charge is 2.24. The fourth-order valence-electron chi connectivity index (χ4n) is 3.94. The largest absolute Gasteiger partial charge is 0.368 e. The van der Waals surface area contributed by atoms with Crippen molar-refractivity contribution in [1.29, 1.82) is 0 Å². The van der Waals surface area contributed by atoms with Crippen molar-refractivity contribution in [1.82, 2.24) is 10.2 Å². The Bertz CT molecular complexity index is 1030. The number of sulfonamides is 1. The summed E-state index contributed by atoms with van der Waals surface area (Å²) < 4.78 is 28.7. The lowest BCUT2D eigenvalue weighted by Gasteiger charge is -2.32. The Morgan fingerprint density at radius 1 is 1.12 bits per heavy atom. The molecule has 8 heteroatoms. The molecule has 0 aromatic heterocycles. The number of rotatable bonds is 9. The quantitative estimate of drug-likeness (QED) is 0.601. The SMILES string of the molecule is CCCCN(CC)C(=O)c1cc(NS(=O)(=O)c2ccccc2C)ccc1N1CCNCC1. The van der Waals surface area contributed by atoms with E-state index < -0.39 is 10.0 Å². The molecule has 1 saturated heterocycles. The molecule has 7 nitrogen and oxygen atoms in total. The van der Waals surface area contributed by atoms with E-state index >= 15 is 0 Å². The van der Waals surface area contributed by atoms with Crippen LogP contribution in [0.5, 0.6) is 0 Å². The predicted octanol–water partition coefficient (Wildman–Crippen LogP) is 3.47. The third-order valence-electron chi connectivity index (χ3n) is 5.77. The summed E-state index contributed by atoms with van der Waals surface area (Å²) in [4.78, 5) is 17.8. The second-order valence-electron chi connectivity index (χ2n) is 8.08. The number of hydrogen-bond donors (Lipinski definition) is 2. The number of carbonyl (C=O) groups is 1. The summed E-state index contributed by atoms with van der Waals surface area (Å²) in [7, 11) is -3.76. The van der Waals surface area contributed by atoms with Gasteiger partial charge in [0.1, 0.15) is 0 Å². The van der Waals surface area contributed by atoms with Crippen LogP contribution in [0.2, 0.25) is 0 Å². The van der Waals surface area contributed by atoms with E-state index in [0.29, 0.717) is 29.9 Å². The first-order valence-electron chi connectivity index (χ1n) is 11.3. The molecular formula is C24H34N4O3S. The number of amides is 1. The number of unbranched alkanes of at least 4 members (excludes halogenated alkanes) is 1. The van der Waals surface area contributed by atoms with E-state index in [0.717, 1.165) is 44.7 Å². The molecule has 0 saturated carbocycles. The summed E-state index contributed by atoms with van der Waals surface area (Å²) in [5.74, 6) is -0.0635. The minimum Gasteiger partial charge on any atom is -0.368 e. The van der Waals surface area contributed by atoms with Crippen molar-refractivity contribution < 1.29 is 13.2 Å². The summed E-state index contributed by atoms with van der Waals surface area (Å²) in [6, 6.07) is 12.2. The Balaban J connectivity index is 1.97. The number of nitrogens with zero attached hydrogens (tertiary/aromatic N) is 2. The van der Waals surface area contributed by atoms with Gasteiger partial charge in [-0.05, 0) is 50.1 Å². The van der Waals surface area contributed by atoms with Gasteiger partial charge in [-0.1, -0.05) is 31.5 Å². The van der Waals surface area contributed by atoms with E-state index in [1.54, 1.807) is 37.3 Å². The average molecular weight is 459 g/mol. The second-order valence-corrected chi connectivity index (χ2v) is 9.73. The van der Waals surface area contributed by atoms with Crippen LogP contribution in [0.15, 0.2) is 47.4 Å². The maximum absolute atomic E-state index is 13.5. The van der Waals surface area contributed by atoms with Gasteiger partial charge in [-0.3, -0.25) is 9.52 Å². The van der Waals surface area contributed by atoms with Gasteiger partial charge in [-0.15, -0.1) is 0 Å². The zero-order valence-corrected chi connectivity index (χ0v) is 20.0. The van der Waals surface area contributed by atoms with Gasteiger partial charge >= 0.3 is 0 Å². The van der Waals surface area contributed by atoms with Crippen molar-refractivity contribution in [2.75, 3.05) is 48.9 Å². The third-order valence-corrected chi connectivity index (χ3v) is 7.31. The number of hydrogen-bond acceptors (Lipinski definition) is 5. The first-order chi connectivity index (χ1) is 15.4. The van der Waals surface area contributed by atoms with Crippen LogP contribution < -0.4 is 14.9 Å². The van der Waals surface area contributed by atoms with Gasteiger partial charge in [0.25, 0.3) is 15.9 Å². The fraction of sp³-hybridized carbons (Fsp3) is 0.458. The molecule has 1 heterocycles. The molecular weight excluding hydrogens is 424 g/mol. The van der Waals surface area contributed by atoms with Gasteiger partial charge in [0, 0.05) is 50.6 Å². The molecule has 1 aliphatic rings. The van der Waals surface area contributed by atoms with Gasteiger partial charge in [0.2, 0.25) is 0 Å². The van der Waals surface area contributed by atoms with Crippen LogP contribution in [0.4, 0.5) is 11.4 Å². The molecule has 0 atom stereocenters. The van der Waals surface area contributed by atoms with E-state index in [9.17, 15) is 13.2 Å². The number of benzene rings is 2. The maximum atomic E-state index is 13.5. The Labute approximate surface area is 191 Å². The number of aryl methyl sites for hydroxylation is 1. The average Bonchev–Trinajstić information content (AvgIpc) is 2.80. The van der Waals surface area contributed by atoms with Gasteiger partial charge in [0.15, 0.2) is 0 Å². The van der Waals surface area contributed by atoms with Crippen molar-refractivity contribution in [3.05, 3.63) is 53.6 Å². The van der Waals surface area contributed by atoms with Gasteiger partial charge < -0.3 is 15.1 Å². The van der Waals surface area contributed by atoms with Crippen LogP contribution in [0.25, 0.3) is 0 Å². The molecule has 32 heavy (non-hydrogen) atoms. The molecule has 3 rings (SSSR count). The van der Waals surface area contributed by atoms with Crippen molar-refractivity contribution >= 4 is 27.3 Å². The molecule has 2 aromatic carbocycles. The van der Waals surface area contributed by atoms with Crippen LogP contribution in [-0.4, -0.2) is 58.5 Å². The van der Waals surface area contributed by atoms with E-state index in [-0.39, 0.29) is 10.8 Å². The lowest BCUT2D eigenvalue weighted by molar-refractivity contribution is 0.0763. The van der Waals surface area contributed by atoms with Crippen LogP contribution in [-0.2, 0) is 10.0 Å². The Hall–Kier alpha value is -2.58. The first-order valence-corrected chi connectivity index (χ1v) is 12.8. The number of anilines is 2. The van der Waals surface area contributed by atoms with E-state index in [1.807, 2.05) is 24.0 Å². The highest BCUT2D eigenvalue weighted by Crippen LogP contribution is 2.28. The molecule has 1 amide bonds. The predicted molar refractivity (Wildman–Crippen MR) is 130 cm³/mol. The smallest absolute Gasteiger partial charge is 0.262 e. The molecule has 0 spiro atoms. The maximum Gasteiger partial charge on any atom is 0.262 e. The Morgan fingerprint density at radius 2 is 1.84 bits per heavy atom. The number of piperazine rings is 1. The zero-order valence-electron chi connectivity index (χ0n) is 19.2. The van der Waals surface area contributed by atoms with Gasteiger partial charge in [-0.2, -0.15) is 0 Å². The standard InChI is InChI=1S/C24H34N4O3S/c1-4-6-15-27(5-2)24(29)21-18-20(11-12-22(21)28-16-13-25-14-17-28)26-32(30,31)23-10-8-7-9-19(23)3/h7-12,18,25-26H,4-6,13-17H2,1-3H3. The van der Waals surface area contributed by atoms with Crippen LogP contribution in [0.1, 0.15) is 42.6 Å². The summed E-state index contributed by atoms with van der Waals surface area (Å²) in [5, 5.41) is 3.33. The van der Waals surface area contributed by atoms with E-state index in [1.165, 1.54) is 0 Å². The van der Waals surface area contributed by atoms with E-state index in [4.69, 9.17) is 0 Å².